The molecule has 4 aromatic rings. The molecule has 0 aliphatic carbocycles. The van der Waals surface area contributed by atoms with Crippen LogP contribution in [0.4, 0.5) is 11.6 Å². The number of hydrogen-bond acceptors (Lipinski definition) is 7. The first-order valence-electron chi connectivity index (χ1n) is 14.4. The van der Waals surface area contributed by atoms with Crippen LogP contribution in [0.25, 0.3) is 0 Å². The predicted octanol–water partition coefficient (Wildman–Crippen LogP) is 8.06. The van der Waals surface area contributed by atoms with Crippen molar-refractivity contribution in [3.63, 3.8) is 0 Å². The number of nitrogens with one attached hydrogen (secondary N) is 2. The molecule has 0 saturated carbocycles. The Morgan fingerprint density at radius 1 is 1.05 bits per heavy atom. The molecule has 43 heavy (non-hydrogen) atoms. The lowest BCUT2D eigenvalue weighted by atomic mass is 9.94. The molecule has 1 aliphatic rings. The molecule has 2 heterocycles. The molecule has 3 aromatic carbocycles. The molecule has 224 valence electrons. The van der Waals surface area contributed by atoms with Crippen molar-refractivity contribution < 1.29 is 14.3 Å². The second kappa shape index (κ2) is 13.7. The highest BCUT2D eigenvalue weighted by molar-refractivity contribution is 9.10. The van der Waals surface area contributed by atoms with Gasteiger partial charge < -0.3 is 20.1 Å². The normalized spacial score (nSPS) is 14.2. The summed E-state index contributed by atoms with van der Waals surface area (Å²) in [6, 6.07) is 19.3. The van der Waals surface area contributed by atoms with E-state index in [1.54, 1.807) is 16.4 Å². The highest BCUT2D eigenvalue weighted by atomic mass is 79.9. The number of ether oxygens (including phenoxy) is 2. The third-order valence-corrected chi connectivity index (χ3v) is 8.57. The van der Waals surface area contributed by atoms with Gasteiger partial charge in [0, 0.05) is 17.1 Å². The van der Waals surface area contributed by atoms with Gasteiger partial charge in [-0.25, -0.2) is 4.68 Å². The van der Waals surface area contributed by atoms with Crippen molar-refractivity contribution >= 4 is 45.2 Å². The summed E-state index contributed by atoms with van der Waals surface area (Å²) < 4.78 is 14.9. The average molecular weight is 663 g/mol. The number of allylic oxidation sites excluding steroid dienone is 1. The topological polar surface area (TPSA) is 90.3 Å². The smallest absolute Gasteiger partial charge is 0.255 e. The standard InChI is InChI=1S/C33H36BrN5O3S/c1-6-15-43-33-37-32-35-22(5)28(31(40)36-25-13-11-20(3)12-14-25)29(39(32)38-33)24-17-26(34)30(27(18-24)41-7-2)42-19-23-10-8-9-21(4)16-23/h8-14,16-18,29H,6-7,15,19H2,1-5H3,(H,36,40)(H,35,37,38). The summed E-state index contributed by atoms with van der Waals surface area (Å²) >= 11 is 5.34. The molecule has 1 atom stereocenters. The summed E-state index contributed by atoms with van der Waals surface area (Å²) in [5, 5.41) is 11.9. The largest absolute Gasteiger partial charge is 0.490 e. The fourth-order valence-electron chi connectivity index (χ4n) is 4.93. The van der Waals surface area contributed by atoms with Crippen molar-refractivity contribution in [2.45, 2.75) is 58.8 Å². The Kier molecular flexibility index (Phi) is 9.77. The van der Waals surface area contributed by atoms with Crippen LogP contribution in [0.1, 0.15) is 55.5 Å². The number of halogens is 1. The number of aromatic nitrogens is 3. The summed E-state index contributed by atoms with van der Waals surface area (Å²) in [6.07, 6.45) is 1.00. The van der Waals surface area contributed by atoms with Gasteiger partial charge in [0.05, 0.1) is 16.7 Å². The van der Waals surface area contributed by atoms with E-state index in [9.17, 15) is 4.79 Å². The Hall–Kier alpha value is -3.76. The fourth-order valence-corrected chi connectivity index (χ4v) is 6.19. The molecule has 2 N–H and O–H groups in total. The first-order valence-corrected chi connectivity index (χ1v) is 16.1. The van der Waals surface area contributed by atoms with Gasteiger partial charge in [0.1, 0.15) is 12.6 Å². The lowest BCUT2D eigenvalue weighted by Crippen LogP contribution is -2.31. The minimum atomic E-state index is -0.563. The van der Waals surface area contributed by atoms with E-state index in [1.807, 2.05) is 69.3 Å². The van der Waals surface area contributed by atoms with Crippen molar-refractivity contribution in [1.29, 1.82) is 0 Å². The van der Waals surface area contributed by atoms with Gasteiger partial charge in [0.15, 0.2) is 11.5 Å². The van der Waals surface area contributed by atoms with Crippen LogP contribution in [0.2, 0.25) is 0 Å². The van der Waals surface area contributed by atoms with Crippen molar-refractivity contribution in [1.82, 2.24) is 14.8 Å². The maximum Gasteiger partial charge on any atom is 0.255 e. The number of rotatable bonds is 11. The summed E-state index contributed by atoms with van der Waals surface area (Å²) in [5.74, 6) is 2.44. The quantitative estimate of drug-likeness (QED) is 0.157. The molecular weight excluding hydrogens is 626 g/mol. The van der Waals surface area contributed by atoms with Gasteiger partial charge in [-0.1, -0.05) is 66.2 Å². The lowest BCUT2D eigenvalue weighted by Gasteiger charge is -2.29. The second-order valence-corrected chi connectivity index (χ2v) is 12.4. The van der Waals surface area contributed by atoms with Crippen molar-refractivity contribution in [3.8, 4) is 11.5 Å². The zero-order chi connectivity index (χ0) is 30.5. The fraction of sp³-hybridized carbons (Fsp3) is 0.303. The Bertz CT molecular complexity index is 1650. The number of nitrogens with zero attached hydrogens (tertiary/aromatic N) is 3. The molecule has 10 heteroatoms. The minimum Gasteiger partial charge on any atom is -0.490 e. The molecule has 0 fully saturated rings. The zero-order valence-electron chi connectivity index (χ0n) is 25.0. The van der Waals surface area contributed by atoms with Crippen LogP contribution in [0.3, 0.4) is 0 Å². The molecule has 1 aliphatic heterocycles. The first-order chi connectivity index (χ1) is 20.8. The van der Waals surface area contributed by atoms with Crippen LogP contribution in [0, 0.1) is 13.8 Å². The minimum absolute atomic E-state index is 0.225. The van der Waals surface area contributed by atoms with E-state index in [2.05, 4.69) is 52.5 Å². The van der Waals surface area contributed by atoms with Crippen LogP contribution in [-0.4, -0.2) is 33.0 Å². The maximum absolute atomic E-state index is 13.9. The van der Waals surface area contributed by atoms with E-state index in [1.165, 1.54) is 5.56 Å². The van der Waals surface area contributed by atoms with Crippen LogP contribution in [0.5, 0.6) is 11.5 Å². The Morgan fingerprint density at radius 3 is 2.56 bits per heavy atom. The third-order valence-electron chi connectivity index (χ3n) is 6.94. The SMILES string of the molecule is CCCSc1nc2n(n1)C(c1cc(Br)c(OCc3cccc(C)c3)c(OCC)c1)C(C(=O)Nc1ccc(C)cc1)=C(C)N2. The molecule has 0 bridgehead atoms. The monoisotopic (exact) mass is 661 g/mol. The highest BCUT2D eigenvalue weighted by Gasteiger charge is 2.35. The summed E-state index contributed by atoms with van der Waals surface area (Å²) in [4.78, 5) is 18.7. The Labute approximate surface area is 265 Å². The molecular formula is C33H36BrN5O3S. The van der Waals surface area contributed by atoms with E-state index in [-0.39, 0.29) is 5.91 Å². The Morgan fingerprint density at radius 2 is 1.84 bits per heavy atom. The first kappa shape index (κ1) is 30.7. The molecule has 0 radical (unpaired) electrons. The van der Waals surface area contributed by atoms with E-state index in [4.69, 9.17) is 19.6 Å². The van der Waals surface area contributed by atoms with Crippen LogP contribution in [0.15, 0.2) is 81.6 Å². The van der Waals surface area contributed by atoms with E-state index in [0.717, 1.165) is 33.3 Å². The van der Waals surface area contributed by atoms with Gasteiger partial charge in [0.25, 0.3) is 5.91 Å². The van der Waals surface area contributed by atoms with Crippen LogP contribution < -0.4 is 20.1 Å². The predicted molar refractivity (Wildman–Crippen MR) is 176 cm³/mol. The van der Waals surface area contributed by atoms with Gasteiger partial charge in [-0.3, -0.25) is 4.79 Å². The maximum atomic E-state index is 13.9. The van der Waals surface area contributed by atoms with Crippen LogP contribution in [-0.2, 0) is 11.4 Å². The van der Waals surface area contributed by atoms with E-state index < -0.39 is 6.04 Å². The summed E-state index contributed by atoms with van der Waals surface area (Å²) in [7, 11) is 0. The Balaban J connectivity index is 1.56. The van der Waals surface area contributed by atoms with Gasteiger partial charge >= 0.3 is 0 Å². The number of fused-ring (bicyclic) bond motifs is 1. The van der Waals surface area contributed by atoms with Crippen molar-refractivity contribution in [2.75, 3.05) is 23.0 Å². The number of benzene rings is 3. The molecule has 8 nitrogen and oxygen atoms in total. The number of aryl methyl sites for hydroxylation is 2. The zero-order valence-corrected chi connectivity index (χ0v) is 27.4. The molecule has 5 rings (SSSR count). The van der Waals surface area contributed by atoms with Gasteiger partial charge in [-0.2, -0.15) is 4.98 Å². The van der Waals surface area contributed by atoms with Crippen molar-refractivity contribution in [2.24, 2.45) is 0 Å². The number of anilines is 2. The summed E-state index contributed by atoms with van der Waals surface area (Å²) in [6.45, 7) is 10.9. The average Bonchev–Trinajstić information content (AvgIpc) is 3.38. The molecule has 0 saturated heterocycles. The third kappa shape index (κ3) is 7.08. The molecule has 0 spiro atoms. The number of thioether (sulfide) groups is 1. The van der Waals surface area contributed by atoms with Gasteiger partial charge in [-0.05, 0) is 85.4 Å². The van der Waals surface area contributed by atoms with Crippen molar-refractivity contribution in [3.05, 3.63) is 98.7 Å². The number of amides is 1. The molecule has 1 amide bonds. The number of carbonyl (C=O) groups is 1. The molecule has 1 unspecified atom stereocenters. The summed E-state index contributed by atoms with van der Waals surface area (Å²) in [5.41, 5.74) is 6.12. The van der Waals surface area contributed by atoms with E-state index in [0.29, 0.717) is 52.8 Å². The number of carbonyl (C=O) groups excluding carboxylic acids is 1. The van der Waals surface area contributed by atoms with Gasteiger partial charge in [-0.15, -0.1) is 5.10 Å². The molecule has 1 aromatic heterocycles. The number of hydrogen-bond donors (Lipinski definition) is 2. The highest BCUT2D eigenvalue weighted by Crippen LogP contribution is 2.43. The lowest BCUT2D eigenvalue weighted by molar-refractivity contribution is -0.113. The van der Waals surface area contributed by atoms with Crippen LogP contribution >= 0.6 is 27.7 Å². The van der Waals surface area contributed by atoms with Gasteiger partial charge in [0.2, 0.25) is 11.1 Å². The van der Waals surface area contributed by atoms with E-state index >= 15 is 0 Å². The second-order valence-electron chi connectivity index (χ2n) is 10.4.